The first-order valence-electron chi connectivity index (χ1n) is 14.7. The van der Waals surface area contributed by atoms with Crippen molar-refractivity contribution < 1.29 is 37.3 Å². The van der Waals surface area contributed by atoms with Crippen LogP contribution in [-0.2, 0) is 11.2 Å². The summed E-state index contributed by atoms with van der Waals surface area (Å²) in [5, 5.41) is 12.1. The highest BCUT2D eigenvalue weighted by Crippen LogP contribution is 2.25. The Balaban J connectivity index is 1.31. The number of carbonyl (C=O) groups is 2. The molecule has 2 N–H and O–H groups in total. The van der Waals surface area contributed by atoms with Gasteiger partial charge in [-0.3, -0.25) is 4.79 Å². The lowest BCUT2D eigenvalue weighted by atomic mass is 10.0. The summed E-state index contributed by atoms with van der Waals surface area (Å²) in [6, 6.07) is 17.7. The molecule has 236 valence electrons. The number of carboxylic acid groups (broad SMARTS) is 1. The Hall–Kier alpha value is -4.93. The van der Waals surface area contributed by atoms with Crippen molar-refractivity contribution in [1.29, 1.82) is 0 Å². The van der Waals surface area contributed by atoms with Gasteiger partial charge in [0.1, 0.15) is 17.5 Å². The van der Waals surface area contributed by atoms with E-state index in [2.05, 4.69) is 26.9 Å². The molecule has 0 unspecified atom stereocenters. The number of nitrogens with one attached hydrogen (secondary N) is 1. The minimum Gasteiger partial charge on any atom is -0.494 e. The summed E-state index contributed by atoms with van der Waals surface area (Å²) in [5.74, 6) is -1.17. The Kier molecular flexibility index (Phi) is 11.5. The third-order valence-corrected chi connectivity index (χ3v) is 6.96. The van der Waals surface area contributed by atoms with E-state index in [1.807, 2.05) is 24.3 Å². The molecule has 0 saturated heterocycles. The van der Waals surface area contributed by atoms with Gasteiger partial charge in [0.2, 0.25) is 0 Å². The van der Waals surface area contributed by atoms with Crippen LogP contribution in [-0.4, -0.2) is 46.0 Å². The third kappa shape index (κ3) is 10.3. The number of halogens is 3. The van der Waals surface area contributed by atoms with Crippen LogP contribution in [0.3, 0.4) is 0 Å². The molecule has 1 aromatic heterocycles. The van der Waals surface area contributed by atoms with E-state index in [1.165, 1.54) is 25.7 Å². The molecule has 1 amide bonds. The zero-order valence-corrected chi connectivity index (χ0v) is 24.7. The zero-order valence-electron chi connectivity index (χ0n) is 24.7. The molecule has 4 rings (SSSR count). The molecular weight excluding hydrogens is 587 g/mol. The minimum absolute atomic E-state index is 0.0100. The average molecular weight is 622 g/mol. The number of hydrogen-bond donors (Lipinski definition) is 2. The van der Waals surface area contributed by atoms with Crippen molar-refractivity contribution in [2.75, 3.05) is 6.61 Å². The molecule has 0 spiro atoms. The van der Waals surface area contributed by atoms with Crippen LogP contribution in [0.1, 0.15) is 54.9 Å². The fourth-order valence-corrected chi connectivity index (χ4v) is 4.54. The highest BCUT2D eigenvalue weighted by molar-refractivity contribution is 5.96. The van der Waals surface area contributed by atoms with Crippen molar-refractivity contribution in [1.82, 2.24) is 15.3 Å². The van der Waals surface area contributed by atoms with Gasteiger partial charge in [-0.1, -0.05) is 69.0 Å². The van der Waals surface area contributed by atoms with Crippen molar-refractivity contribution in [2.24, 2.45) is 0 Å². The van der Waals surface area contributed by atoms with Crippen LogP contribution in [0.2, 0.25) is 0 Å². The molecule has 0 aliphatic carbocycles. The maximum absolute atomic E-state index is 12.6. The van der Waals surface area contributed by atoms with Crippen molar-refractivity contribution >= 4 is 11.9 Å². The smallest absolute Gasteiger partial charge is 0.494 e. The first-order chi connectivity index (χ1) is 21.6. The average Bonchev–Trinajstić information content (AvgIpc) is 3.02. The molecule has 3 aromatic carbocycles. The Morgan fingerprint density at radius 2 is 1.40 bits per heavy atom. The maximum Gasteiger partial charge on any atom is 0.573 e. The molecule has 0 saturated carbocycles. The SMILES string of the molecule is CCCCCCCOc1ccc(-c2cnc(-c3ccc(C[C@H](NC(=O)c4ccc(OC(F)(F)F)cc4)C(=O)O)cc3)nc2)cc1. The first kappa shape index (κ1) is 33.0. The lowest BCUT2D eigenvalue weighted by molar-refractivity contribution is -0.274. The van der Waals surface area contributed by atoms with Crippen LogP contribution < -0.4 is 14.8 Å². The predicted molar refractivity (Wildman–Crippen MR) is 163 cm³/mol. The summed E-state index contributed by atoms with van der Waals surface area (Å²) in [5.41, 5.74) is 3.16. The van der Waals surface area contributed by atoms with Crippen molar-refractivity contribution in [3.05, 3.63) is 96.3 Å². The molecule has 8 nitrogen and oxygen atoms in total. The van der Waals surface area contributed by atoms with E-state index >= 15 is 0 Å². The molecule has 1 heterocycles. The lowest BCUT2D eigenvalue weighted by Crippen LogP contribution is -2.42. The maximum atomic E-state index is 12.6. The van der Waals surface area contributed by atoms with E-state index < -0.39 is 30.0 Å². The summed E-state index contributed by atoms with van der Waals surface area (Å²) < 4.78 is 46.7. The molecule has 0 bridgehead atoms. The fraction of sp³-hybridized carbons (Fsp3) is 0.294. The van der Waals surface area contributed by atoms with Crippen LogP contribution >= 0.6 is 0 Å². The summed E-state index contributed by atoms with van der Waals surface area (Å²) in [6.07, 6.45) is 4.51. The molecule has 4 aromatic rings. The van der Waals surface area contributed by atoms with E-state index in [-0.39, 0.29) is 12.0 Å². The van der Waals surface area contributed by atoms with Gasteiger partial charge in [0.25, 0.3) is 5.91 Å². The van der Waals surface area contributed by atoms with Gasteiger partial charge in [-0.05, 0) is 53.9 Å². The second kappa shape index (κ2) is 15.7. The molecule has 0 aliphatic heterocycles. The van der Waals surface area contributed by atoms with Crippen molar-refractivity contribution in [2.45, 2.75) is 57.9 Å². The fourth-order valence-electron chi connectivity index (χ4n) is 4.54. The Bertz CT molecular complexity index is 1530. The Labute approximate surface area is 259 Å². The highest BCUT2D eigenvalue weighted by Gasteiger charge is 2.31. The number of ether oxygens (including phenoxy) is 2. The van der Waals surface area contributed by atoms with Gasteiger partial charge in [0.05, 0.1) is 6.61 Å². The molecule has 0 fully saturated rings. The largest absolute Gasteiger partial charge is 0.573 e. The first-order valence-corrected chi connectivity index (χ1v) is 14.7. The number of benzene rings is 3. The van der Waals surface area contributed by atoms with Crippen molar-refractivity contribution in [3.8, 4) is 34.0 Å². The van der Waals surface area contributed by atoms with Crippen LogP contribution in [0.15, 0.2) is 85.2 Å². The normalized spacial score (nSPS) is 11.9. The molecular formula is C34H34F3N3O5. The number of unbranched alkanes of at least 4 members (excludes halogenated alkanes) is 4. The van der Waals surface area contributed by atoms with Gasteiger partial charge in [-0.25, -0.2) is 14.8 Å². The Morgan fingerprint density at radius 1 is 0.800 bits per heavy atom. The number of aromatic nitrogens is 2. The van der Waals surface area contributed by atoms with E-state index in [1.54, 1.807) is 36.7 Å². The summed E-state index contributed by atoms with van der Waals surface area (Å²) in [7, 11) is 0. The van der Waals surface area contributed by atoms with Gasteiger partial charge in [0.15, 0.2) is 5.82 Å². The molecule has 45 heavy (non-hydrogen) atoms. The number of carbonyl (C=O) groups excluding carboxylic acids is 1. The number of amides is 1. The molecule has 0 aliphatic rings. The van der Waals surface area contributed by atoms with Crippen LogP contribution in [0, 0.1) is 0 Å². The standard InChI is InChI=1S/C34H34F3N3O5/c1-2-3-4-5-6-19-44-28-15-11-24(12-16-28)27-21-38-31(39-22-27)25-9-7-23(8-10-25)20-30(33(42)43)40-32(41)26-13-17-29(18-14-26)45-34(35,36)37/h7-18,21-22,30H,2-6,19-20H2,1H3,(H,40,41)(H,42,43)/t30-/m0/s1. The van der Waals surface area contributed by atoms with Gasteiger partial charge in [-0.2, -0.15) is 0 Å². The van der Waals surface area contributed by atoms with Crippen molar-refractivity contribution in [3.63, 3.8) is 0 Å². The quantitative estimate of drug-likeness (QED) is 0.132. The van der Waals surface area contributed by atoms with E-state index in [4.69, 9.17) is 4.74 Å². The molecule has 1 atom stereocenters. The third-order valence-electron chi connectivity index (χ3n) is 6.96. The predicted octanol–water partition coefficient (Wildman–Crippen LogP) is 7.48. The second-order valence-corrected chi connectivity index (χ2v) is 10.4. The van der Waals surface area contributed by atoms with E-state index in [9.17, 15) is 27.9 Å². The Morgan fingerprint density at radius 3 is 2.00 bits per heavy atom. The second-order valence-electron chi connectivity index (χ2n) is 10.4. The number of aliphatic carboxylic acids is 1. The van der Waals surface area contributed by atoms with Crippen LogP contribution in [0.4, 0.5) is 13.2 Å². The highest BCUT2D eigenvalue weighted by atomic mass is 19.4. The lowest BCUT2D eigenvalue weighted by Gasteiger charge is -2.15. The van der Waals surface area contributed by atoms with Crippen LogP contribution in [0.5, 0.6) is 11.5 Å². The summed E-state index contributed by atoms with van der Waals surface area (Å²) in [6.45, 7) is 2.90. The summed E-state index contributed by atoms with van der Waals surface area (Å²) in [4.78, 5) is 33.4. The topological polar surface area (TPSA) is 111 Å². The zero-order chi connectivity index (χ0) is 32.2. The summed E-state index contributed by atoms with van der Waals surface area (Å²) >= 11 is 0. The van der Waals surface area contributed by atoms with E-state index in [0.29, 0.717) is 18.0 Å². The van der Waals surface area contributed by atoms with Crippen LogP contribution in [0.25, 0.3) is 22.5 Å². The number of rotatable bonds is 15. The minimum atomic E-state index is -4.86. The van der Waals surface area contributed by atoms with Gasteiger partial charge < -0.3 is 19.9 Å². The van der Waals surface area contributed by atoms with Gasteiger partial charge in [0, 0.05) is 35.5 Å². The monoisotopic (exact) mass is 621 g/mol. The number of nitrogens with zero attached hydrogens (tertiary/aromatic N) is 2. The number of alkyl halides is 3. The number of hydrogen-bond acceptors (Lipinski definition) is 6. The van der Waals surface area contributed by atoms with Gasteiger partial charge in [-0.15, -0.1) is 13.2 Å². The molecule has 0 radical (unpaired) electrons. The van der Waals surface area contributed by atoms with Gasteiger partial charge >= 0.3 is 12.3 Å². The molecule has 11 heteroatoms. The number of carboxylic acids is 1. The van der Waals surface area contributed by atoms with E-state index in [0.717, 1.165) is 53.1 Å².